The smallest absolute Gasteiger partial charge is 0.173 e. The van der Waals surface area contributed by atoms with Crippen LogP contribution >= 0.6 is 11.6 Å². The van der Waals surface area contributed by atoms with Crippen LogP contribution in [-0.2, 0) is 0 Å². The summed E-state index contributed by atoms with van der Waals surface area (Å²) in [7, 11) is 1.68. The van der Waals surface area contributed by atoms with Crippen LogP contribution in [0.3, 0.4) is 0 Å². The zero-order valence-corrected chi connectivity index (χ0v) is 11.7. The van der Waals surface area contributed by atoms with E-state index >= 15 is 0 Å². The number of fused-ring (bicyclic) bond motifs is 1. The summed E-state index contributed by atoms with van der Waals surface area (Å²) in [5.41, 5.74) is 6.80. The largest absolute Gasteiger partial charge is 0.450 e. The Hall–Kier alpha value is -2.54. The van der Waals surface area contributed by atoms with Crippen molar-refractivity contribution in [3.05, 3.63) is 41.6 Å². The van der Waals surface area contributed by atoms with Crippen molar-refractivity contribution in [3.63, 3.8) is 0 Å². The second kappa shape index (κ2) is 5.10. The molecule has 0 unspecified atom stereocenters. The van der Waals surface area contributed by atoms with Crippen molar-refractivity contribution in [3.8, 4) is 11.5 Å². The van der Waals surface area contributed by atoms with Crippen LogP contribution in [0.4, 0.5) is 15.9 Å². The van der Waals surface area contributed by atoms with Crippen molar-refractivity contribution in [2.75, 3.05) is 18.1 Å². The monoisotopic (exact) mass is 307 g/mol. The predicted molar refractivity (Wildman–Crippen MR) is 78.4 cm³/mol. The Balaban J connectivity index is 2.03. The minimum absolute atomic E-state index is 0.275. The molecule has 0 aliphatic rings. The van der Waals surface area contributed by atoms with E-state index in [4.69, 9.17) is 22.1 Å². The summed E-state index contributed by atoms with van der Waals surface area (Å²) >= 11 is 6.21. The first-order valence-electron chi connectivity index (χ1n) is 6.02. The van der Waals surface area contributed by atoms with Gasteiger partial charge in [0.05, 0.1) is 24.3 Å². The van der Waals surface area contributed by atoms with Gasteiger partial charge < -0.3 is 15.8 Å². The third-order valence-electron chi connectivity index (χ3n) is 2.93. The molecule has 0 radical (unpaired) electrons. The standard InChI is InChI=1S/C13H11ClFN5O/c1-17-12-11(14)10(4-18-13(12)16)21-9-5-19-20-6-7(15)2-3-8(9)20/h2-6,17H,1H3,(H2,16,18). The van der Waals surface area contributed by atoms with E-state index in [-0.39, 0.29) is 11.6 Å². The van der Waals surface area contributed by atoms with Gasteiger partial charge in [0, 0.05) is 7.05 Å². The Labute approximate surface area is 124 Å². The van der Waals surface area contributed by atoms with E-state index < -0.39 is 0 Å². The van der Waals surface area contributed by atoms with E-state index in [1.165, 1.54) is 29.2 Å². The van der Waals surface area contributed by atoms with Gasteiger partial charge in [-0.05, 0) is 12.1 Å². The molecule has 0 saturated heterocycles. The third-order valence-corrected chi connectivity index (χ3v) is 3.30. The Morgan fingerprint density at radius 1 is 1.33 bits per heavy atom. The average Bonchev–Trinajstić information content (AvgIpc) is 2.85. The molecule has 0 bridgehead atoms. The third kappa shape index (κ3) is 2.31. The number of aromatic nitrogens is 3. The molecule has 0 aliphatic carbocycles. The first-order valence-corrected chi connectivity index (χ1v) is 6.40. The zero-order chi connectivity index (χ0) is 15.0. The highest BCUT2D eigenvalue weighted by molar-refractivity contribution is 6.35. The highest BCUT2D eigenvalue weighted by atomic mass is 35.5. The molecule has 0 fully saturated rings. The summed E-state index contributed by atoms with van der Waals surface area (Å²) in [6, 6.07) is 2.89. The minimum Gasteiger partial charge on any atom is -0.450 e. The first-order chi connectivity index (χ1) is 10.1. The lowest BCUT2D eigenvalue weighted by atomic mass is 10.3. The Morgan fingerprint density at radius 2 is 2.14 bits per heavy atom. The number of nitrogen functional groups attached to an aromatic ring is 1. The maximum atomic E-state index is 13.1. The summed E-state index contributed by atoms with van der Waals surface area (Å²) in [5.74, 6) is 0.651. The van der Waals surface area contributed by atoms with Gasteiger partial charge in [0.1, 0.15) is 22.2 Å². The molecule has 3 aromatic rings. The highest BCUT2D eigenvalue weighted by Crippen LogP contribution is 2.37. The van der Waals surface area contributed by atoms with Gasteiger partial charge in [0.15, 0.2) is 11.5 Å². The number of ether oxygens (including phenoxy) is 1. The van der Waals surface area contributed by atoms with Gasteiger partial charge >= 0.3 is 0 Å². The number of nitrogens with one attached hydrogen (secondary N) is 1. The van der Waals surface area contributed by atoms with Crippen LogP contribution in [0.15, 0.2) is 30.7 Å². The van der Waals surface area contributed by atoms with Crippen LogP contribution in [0.2, 0.25) is 5.02 Å². The number of halogens is 2. The average molecular weight is 308 g/mol. The molecule has 21 heavy (non-hydrogen) atoms. The number of anilines is 2. The molecule has 3 heterocycles. The van der Waals surface area contributed by atoms with E-state index in [0.29, 0.717) is 27.7 Å². The number of rotatable bonds is 3. The number of hydrogen-bond donors (Lipinski definition) is 2. The molecule has 0 amide bonds. The summed E-state index contributed by atoms with van der Waals surface area (Å²) in [4.78, 5) is 4.00. The number of hydrogen-bond acceptors (Lipinski definition) is 5. The van der Waals surface area contributed by atoms with Crippen molar-refractivity contribution >= 4 is 28.6 Å². The van der Waals surface area contributed by atoms with Crippen LogP contribution in [0, 0.1) is 5.82 Å². The lowest BCUT2D eigenvalue weighted by Crippen LogP contribution is -2.00. The fourth-order valence-electron chi connectivity index (χ4n) is 1.93. The molecule has 3 rings (SSSR count). The lowest BCUT2D eigenvalue weighted by Gasteiger charge is -2.11. The van der Waals surface area contributed by atoms with Gasteiger partial charge in [-0.25, -0.2) is 13.9 Å². The van der Waals surface area contributed by atoms with E-state index in [1.807, 2.05) is 0 Å². The summed E-state index contributed by atoms with van der Waals surface area (Å²) in [6.45, 7) is 0. The highest BCUT2D eigenvalue weighted by Gasteiger charge is 2.14. The normalized spacial score (nSPS) is 10.8. The first kappa shape index (κ1) is 13.4. The van der Waals surface area contributed by atoms with Gasteiger partial charge in [0.2, 0.25) is 0 Å². The molecule has 0 aromatic carbocycles. The second-order valence-corrected chi connectivity index (χ2v) is 4.61. The van der Waals surface area contributed by atoms with Gasteiger partial charge in [-0.1, -0.05) is 11.6 Å². The van der Waals surface area contributed by atoms with E-state index in [0.717, 1.165) is 0 Å². The maximum Gasteiger partial charge on any atom is 0.173 e. The quantitative estimate of drug-likeness (QED) is 0.778. The van der Waals surface area contributed by atoms with Crippen molar-refractivity contribution in [1.29, 1.82) is 0 Å². The Morgan fingerprint density at radius 3 is 2.90 bits per heavy atom. The second-order valence-electron chi connectivity index (χ2n) is 4.23. The van der Waals surface area contributed by atoms with Crippen LogP contribution in [0.25, 0.3) is 5.52 Å². The van der Waals surface area contributed by atoms with Gasteiger partial charge in [-0.2, -0.15) is 5.10 Å². The van der Waals surface area contributed by atoms with Crippen LogP contribution in [-0.4, -0.2) is 21.6 Å². The van der Waals surface area contributed by atoms with Crippen LogP contribution < -0.4 is 15.8 Å². The Bertz CT molecular complexity index is 820. The molecule has 108 valence electrons. The Kier molecular flexibility index (Phi) is 3.26. The molecule has 3 aromatic heterocycles. The summed E-state index contributed by atoms with van der Waals surface area (Å²) in [5, 5.41) is 7.18. The molecular formula is C13H11ClFN5O. The molecule has 0 spiro atoms. The number of pyridine rings is 2. The maximum absolute atomic E-state index is 13.1. The number of nitrogens with zero attached hydrogens (tertiary/aromatic N) is 3. The molecule has 0 saturated carbocycles. The van der Waals surface area contributed by atoms with Gasteiger partial charge in [0.25, 0.3) is 0 Å². The topological polar surface area (TPSA) is 77.5 Å². The molecule has 3 N–H and O–H groups in total. The van der Waals surface area contributed by atoms with Crippen molar-refractivity contribution < 1.29 is 9.13 Å². The predicted octanol–water partition coefficient (Wildman–Crippen LogP) is 2.94. The van der Waals surface area contributed by atoms with Crippen molar-refractivity contribution in [2.24, 2.45) is 0 Å². The van der Waals surface area contributed by atoms with Crippen molar-refractivity contribution in [2.45, 2.75) is 0 Å². The molecule has 8 heteroatoms. The van der Waals surface area contributed by atoms with Crippen molar-refractivity contribution in [1.82, 2.24) is 14.6 Å². The minimum atomic E-state index is -0.387. The van der Waals surface area contributed by atoms with E-state index in [1.54, 1.807) is 13.1 Å². The SMILES string of the molecule is CNc1c(N)ncc(Oc2cnn3cc(F)ccc23)c1Cl. The van der Waals surface area contributed by atoms with E-state index in [2.05, 4.69) is 15.4 Å². The van der Waals surface area contributed by atoms with Crippen LogP contribution in [0.1, 0.15) is 0 Å². The van der Waals surface area contributed by atoms with Gasteiger partial charge in [-0.3, -0.25) is 0 Å². The lowest BCUT2D eigenvalue weighted by molar-refractivity contribution is 0.486. The van der Waals surface area contributed by atoms with Crippen LogP contribution in [0.5, 0.6) is 11.5 Å². The fourth-order valence-corrected chi connectivity index (χ4v) is 2.21. The van der Waals surface area contributed by atoms with Gasteiger partial charge in [-0.15, -0.1) is 0 Å². The summed E-state index contributed by atoms with van der Waals surface area (Å²) < 4.78 is 20.2. The fraction of sp³-hybridized carbons (Fsp3) is 0.0769. The molecular weight excluding hydrogens is 297 g/mol. The zero-order valence-electron chi connectivity index (χ0n) is 11.0. The molecule has 6 nitrogen and oxygen atoms in total. The summed E-state index contributed by atoms with van der Waals surface area (Å²) in [6.07, 6.45) is 4.15. The van der Waals surface area contributed by atoms with E-state index in [9.17, 15) is 4.39 Å². The molecule has 0 aliphatic heterocycles. The number of nitrogens with two attached hydrogens (primary N) is 1. The molecule has 0 atom stereocenters.